The maximum Gasteiger partial charge on any atom is 0.241 e. The molecular formula is C19H23ClN2O5S. The predicted octanol–water partition coefficient (Wildman–Crippen LogP) is 2.83. The van der Waals surface area contributed by atoms with Crippen molar-refractivity contribution in [2.75, 3.05) is 30.8 Å². The number of ether oxygens (including phenoxy) is 2. The number of methoxy groups -OCH3 is 1. The van der Waals surface area contributed by atoms with E-state index in [9.17, 15) is 13.2 Å². The van der Waals surface area contributed by atoms with E-state index in [0.717, 1.165) is 16.1 Å². The second-order valence-corrected chi connectivity index (χ2v) is 8.26. The van der Waals surface area contributed by atoms with Crippen molar-refractivity contribution < 1.29 is 22.7 Å². The molecule has 0 aliphatic heterocycles. The SMILES string of the molecule is CCOc1cccc(CNC(=O)CN(c2ccc(OC)c(Cl)c2)S(C)(=O)=O)c1. The van der Waals surface area contributed by atoms with Gasteiger partial charge in [-0.05, 0) is 42.8 Å². The second-order valence-electron chi connectivity index (χ2n) is 5.95. The van der Waals surface area contributed by atoms with Crippen molar-refractivity contribution in [2.24, 2.45) is 0 Å². The number of benzene rings is 2. The lowest BCUT2D eigenvalue weighted by Crippen LogP contribution is -2.40. The zero-order valence-corrected chi connectivity index (χ0v) is 17.5. The molecule has 0 heterocycles. The molecule has 0 aliphatic carbocycles. The molecule has 152 valence electrons. The van der Waals surface area contributed by atoms with Gasteiger partial charge < -0.3 is 14.8 Å². The molecule has 0 saturated carbocycles. The molecule has 0 atom stereocenters. The number of rotatable bonds is 9. The van der Waals surface area contributed by atoms with Gasteiger partial charge in [0.1, 0.15) is 18.0 Å². The van der Waals surface area contributed by atoms with Crippen LogP contribution < -0.4 is 19.1 Å². The highest BCUT2D eigenvalue weighted by Crippen LogP contribution is 2.30. The van der Waals surface area contributed by atoms with Crippen molar-refractivity contribution >= 4 is 33.2 Å². The highest BCUT2D eigenvalue weighted by molar-refractivity contribution is 7.92. The van der Waals surface area contributed by atoms with Gasteiger partial charge in [-0.3, -0.25) is 9.10 Å². The first-order valence-corrected chi connectivity index (χ1v) is 10.8. The quantitative estimate of drug-likeness (QED) is 0.666. The van der Waals surface area contributed by atoms with Gasteiger partial charge in [-0.25, -0.2) is 8.42 Å². The Kier molecular flexibility index (Phi) is 7.53. The lowest BCUT2D eigenvalue weighted by Gasteiger charge is -2.22. The van der Waals surface area contributed by atoms with E-state index in [2.05, 4.69) is 5.32 Å². The third-order valence-corrected chi connectivity index (χ3v) is 5.25. The summed E-state index contributed by atoms with van der Waals surface area (Å²) in [6, 6.07) is 11.8. The van der Waals surface area contributed by atoms with Gasteiger partial charge in [0.25, 0.3) is 0 Å². The van der Waals surface area contributed by atoms with Gasteiger partial charge in [0.15, 0.2) is 0 Å². The number of hydrogen-bond donors (Lipinski definition) is 1. The van der Waals surface area contributed by atoms with Crippen molar-refractivity contribution in [1.29, 1.82) is 0 Å². The Morgan fingerprint density at radius 1 is 1.21 bits per heavy atom. The van der Waals surface area contributed by atoms with Gasteiger partial charge in [-0.15, -0.1) is 0 Å². The standard InChI is InChI=1S/C19H23ClN2O5S/c1-4-27-16-7-5-6-14(10-16)12-21-19(23)13-22(28(3,24)25)15-8-9-18(26-2)17(20)11-15/h5-11H,4,12-13H2,1-3H3,(H,21,23). The maximum absolute atomic E-state index is 12.4. The maximum atomic E-state index is 12.4. The Morgan fingerprint density at radius 3 is 2.57 bits per heavy atom. The molecule has 1 N–H and O–H groups in total. The van der Waals surface area contributed by atoms with E-state index in [1.54, 1.807) is 6.07 Å². The lowest BCUT2D eigenvalue weighted by atomic mass is 10.2. The molecule has 0 unspecified atom stereocenters. The molecule has 0 radical (unpaired) electrons. The van der Waals surface area contributed by atoms with E-state index in [0.29, 0.717) is 18.1 Å². The number of sulfonamides is 1. The summed E-state index contributed by atoms with van der Waals surface area (Å²) < 4.78 is 35.8. The van der Waals surface area contributed by atoms with Gasteiger partial charge in [-0.2, -0.15) is 0 Å². The van der Waals surface area contributed by atoms with Crippen LogP contribution in [0.25, 0.3) is 0 Å². The fourth-order valence-corrected chi connectivity index (χ4v) is 3.61. The van der Waals surface area contributed by atoms with Crippen LogP contribution in [0.15, 0.2) is 42.5 Å². The molecule has 0 spiro atoms. The van der Waals surface area contributed by atoms with Gasteiger partial charge >= 0.3 is 0 Å². The molecular weight excluding hydrogens is 404 g/mol. The summed E-state index contributed by atoms with van der Waals surface area (Å²) in [7, 11) is -2.23. The Balaban J connectivity index is 2.09. The van der Waals surface area contributed by atoms with Crippen LogP contribution >= 0.6 is 11.6 Å². The third-order valence-electron chi connectivity index (χ3n) is 3.81. The summed E-state index contributed by atoms with van der Waals surface area (Å²) in [6.45, 7) is 2.32. The number of carbonyl (C=O) groups is 1. The van der Waals surface area contributed by atoms with E-state index < -0.39 is 15.9 Å². The smallest absolute Gasteiger partial charge is 0.241 e. The average molecular weight is 427 g/mol. The van der Waals surface area contributed by atoms with Crippen molar-refractivity contribution in [3.63, 3.8) is 0 Å². The van der Waals surface area contributed by atoms with Crippen LogP contribution in [0.5, 0.6) is 11.5 Å². The van der Waals surface area contributed by atoms with Crippen molar-refractivity contribution in [2.45, 2.75) is 13.5 Å². The van der Waals surface area contributed by atoms with E-state index in [1.165, 1.54) is 19.2 Å². The Bertz CT molecular complexity index is 934. The van der Waals surface area contributed by atoms with Crippen LogP contribution in [0, 0.1) is 0 Å². The first kappa shape index (κ1) is 21.8. The molecule has 0 aromatic heterocycles. The van der Waals surface area contributed by atoms with Gasteiger partial charge in [0.2, 0.25) is 15.9 Å². The van der Waals surface area contributed by atoms with Gasteiger partial charge in [0.05, 0.1) is 30.7 Å². The molecule has 0 saturated heterocycles. The summed E-state index contributed by atoms with van der Waals surface area (Å²) in [5.74, 6) is 0.677. The molecule has 0 bridgehead atoms. The summed E-state index contributed by atoms with van der Waals surface area (Å²) in [5, 5.41) is 2.97. The third kappa shape index (κ3) is 6.03. The Hall–Kier alpha value is -2.45. The van der Waals surface area contributed by atoms with Crippen LogP contribution in [0.4, 0.5) is 5.69 Å². The fourth-order valence-electron chi connectivity index (χ4n) is 2.51. The zero-order valence-electron chi connectivity index (χ0n) is 15.9. The van der Waals surface area contributed by atoms with Gasteiger partial charge in [-0.1, -0.05) is 23.7 Å². The number of hydrogen-bond acceptors (Lipinski definition) is 5. The van der Waals surface area contributed by atoms with Crippen LogP contribution in [0.1, 0.15) is 12.5 Å². The summed E-state index contributed by atoms with van der Waals surface area (Å²) in [5.41, 5.74) is 1.12. The Morgan fingerprint density at radius 2 is 1.96 bits per heavy atom. The minimum absolute atomic E-state index is 0.251. The summed E-state index contributed by atoms with van der Waals surface area (Å²) in [4.78, 5) is 12.4. The lowest BCUT2D eigenvalue weighted by molar-refractivity contribution is -0.119. The monoisotopic (exact) mass is 426 g/mol. The molecule has 2 aromatic carbocycles. The molecule has 9 heteroatoms. The second kappa shape index (κ2) is 9.66. The normalized spacial score (nSPS) is 11.0. The topological polar surface area (TPSA) is 84.9 Å². The molecule has 2 rings (SSSR count). The first-order valence-electron chi connectivity index (χ1n) is 8.54. The van der Waals surface area contributed by atoms with E-state index in [1.807, 2.05) is 31.2 Å². The molecule has 0 fully saturated rings. The first-order chi connectivity index (χ1) is 13.2. The van der Waals surface area contributed by atoms with Crippen molar-refractivity contribution in [3.05, 3.63) is 53.1 Å². The minimum atomic E-state index is -3.69. The largest absolute Gasteiger partial charge is 0.495 e. The highest BCUT2D eigenvalue weighted by Gasteiger charge is 2.21. The van der Waals surface area contributed by atoms with Crippen LogP contribution in [0.3, 0.4) is 0 Å². The summed E-state index contributed by atoms with van der Waals surface area (Å²) in [6.07, 6.45) is 1.03. The minimum Gasteiger partial charge on any atom is -0.495 e. The number of carbonyl (C=O) groups excluding carboxylic acids is 1. The fraction of sp³-hybridized carbons (Fsp3) is 0.316. The molecule has 2 aromatic rings. The number of nitrogens with zero attached hydrogens (tertiary/aromatic N) is 1. The van der Waals surface area contributed by atoms with Crippen LogP contribution in [-0.2, 0) is 21.4 Å². The predicted molar refractivity (Wildman–Crippen MR) is 110 cm³/mol. The molecule has 0 aliphatic rings. The number of anilines is 1. The highest BCUT2D eigenvalue weighted by atomic mass is 35.5. The van der Waals surface area contributed by atoms with E-state index in [4.69, 9.17) is 21.1 Å². The molecule has 1 amide bonds. The zero-order chi connectivity index (χ0) is 20.7. The Labute approximate surface area is 170 Å². The van der Waals surface area contributed by atoms with E-state index >= 15 is 0 Å². The van der Waals surface area contributed by atoms with Gasteiger partial charge in [0, 0.05) is 6.54 Å². The number of amides is 1. The molecule has 28 heavy (non-hydrogen) atoms. The number of halogens is 1. The van der Waals surface area contributed by atoms with Crippen LogP contribution in [0.2, 0.25) is 5.02 Å². The summed E-state index contributed by atoms with van der Waals surface area (Å²) >= 11 is 6.08. The van der Waals surface area contributed by atoms with E-state index in [-0.39, 0.29) is 23.8 Å². The molecule has 7 nitrogen and oxygen atoms in total. The number of nitrogens with one attached hydrogen (secondary N) is 1. The average Bonchev–Trinajstić information content (AvgIpc) is 2.64. The van der Waals surface area contributed by atoms with Crippen LogP contribution in [-0.4, -0.2) is 40.8 Å². The van der Waals surface area contributed by atoms with Crippen molar-refractivity contribution in [1.82, 2.24) is 5.32 Å². The van der Waals surface area contributed by atoms with Crippen molar-refractivity contribution in [3.8, 4) is 11.5 Å².